The second-order valence-electron chi connectivity index (χ2n) is 6.98. The topological polar surface area (TPSA) is 84.5 Å². The Morgan fingerprint density at radius 3 is 2.00 bits per heavy atom. The van der Waals surface area contributed by atoms with Gasteiger partial charge in [0.1, 0.15) is 0 Å². The number of hydrogen-bond acceptors (Lipinski definition) is 4. The molecule has 0 fully saturated rings. The predicted octanol–water partition coefficient (Wildman–Crippen LogP) is 4.58. The fourth-order valence-electron chi connectivity index (χ4n) is 2.69. The number of nitrogens with one attached hydrogen (secondary N) is 2. The average molecular weight is 461 g/mol. The quantitative estimate of drug-likeness (QED) is 0.591. The maximum absolute atomic E-state index is 12.0. The van der Waals surface area contributed by atoms with Crippen LogP contribution in [0.1, 0.15) is 35.1 Å². The summed E-state index contributed by atoms with van der Waals surface area (Å²) in [5.74, 6) is -1.31. The summed E-state index contributed by atoms with van der Waals surface area (Å²) in [5.41, 5.74) is 5.52. The molecular formula is C22H25BrN2O4. The highest BCUT2D eigenvalue weighted by atomic mass is 79.9. The van der Waals surface area contributed by atoms with Crippen LogP contribution in [0.25, 0.3) is 0 Å². The van der Waals surface area contributed by atoms with E-state index in [1.54, 1.807) is 0 Å². The van der Waals surface area contributed by atoms with Gasteiger partial charge in [-0.15, -0.1) is 0 Å². The van der Waals surface area contributed by atoms with Crippen LogP contribution in [-0.4, -0.2) is 24.4 Å². The molecule has 0 unspecified atom stereocenters. The molecular weight excluding hydrogens is 436 g/mol. The number of rotatable bonds is 7. The van der Waals surface area contributed by atoms with Gasteiger partial charge in [-0.2, -0.15) is 0 Å². The number of anilines is 2. The predicted molar refractivity (Wildman–Crippen MR) is 117 cm³/mol. The number of carbonyl (C=O) groups is 3. The summed E-state index contributed by atoms with van der Waals surface area (Å²) in [6.45, 7) is 7.41. The van der Waals surface area contributed by atoms with Crippen molar-refractivity contribution in [1.82, 2.24) is 0 Å². The van der Waals surface area contributed by atoms with Crippen LogP contribution in [-0.2, 0) is 19.1 Å². The van der Waals surface area contributed by atoms with Gasteiger partial charge in [-0.3, -0.25) is 14.4 Å². The zero-order valence-electron chi connectivity index (χ0n) is 17.0. The zero-order chi connectivity index (χ0) is 21.6. The smallest absolute Gasteiger partial charge is 0.306 e. The molecule has 7 heteroatoms. The number of carbonyl (C=O) groups excluding carboxylic acids is 3. The molecule has 0 saturated heterocycles. The SMILES string of the molecule is Cc1ccc(NC(=O)CCC(=O)OCC(=O)Nc2cc(C)c(Br)c(C)c2)cc1C. The average Bonchev–Trinajstić information content (AvgIpc) is 2.65. The van der Waals surface area contributed by atoms with Gasteiger partial charge >= 0.3 is 5.97 Å². The number of amides is 2. The minimum absolute atomic E-state index is 0.0154. The molecule has 0 saturated carbocycles. The van der Waals surface area contributed by atoms with Crippen molar-refractivity contribution in [3.05, 3.63) is 57.1 Å². The summed E-state index contributed by atoms with van der Waals surface area (Å²) < 4.78 is 5.94. The van der Waals surface area contributed by atoms with Gasteiger partial charge in [-0.05, 0) is 74.2 Å². The largest absolute Gasteiger partial charge is 0.456 e. The van der Waals surface area contributed by atoms with Crippen molar-refractivity contribution in [2.45, 2.75) is 40.5 Å². The first-order valence-electron chi connectivity index (χ1n) is 9.25. The first-order chi connectivity index (χ1) is 13.7. The van der Waals surface area contributed by atoms with E-state index in [-0.39, 0.29) is 18.7 Å². The Morgan fingerprint density at radius 2 is 1.38 bits per heavy atom. The normalized spacial score (nSPS) is 10.4. The van der Waals surface area contributed by atoms with Crippen molar-refractivity contribution in [2.24, 2.45) is 0 Å². The molecule has 0 aliphatic heterocycles. The molecule has 2 N–H and O–H groups in total. The third-order valence-electron chi connectivity index (χ3n) is 4.43. The van der Waals surface area contributed by atoms with Crippen LogP contribution in [0.5, 0.6) is 0 Å². The summed E-state index contributed by atoms with van der Waals surface area (Å²) >= 11 is 3.47. The second-order valence-corrected chi connectivity index (χ2v) is 7.77. The summed E-state index contributed by atoms with van der Waals surface area (Å²) in [6, 6.07) is 9.27. The Labute approximate surface area is 179 Å². The van der Waals surface area contributed by atoms with Gasteiger partial charge in [-0.25, -0.2) is 0 Å². The monoisotopic (exact) mass is 460 g/mol. The molecule has 0 aliphatic rings. The third kappa shape index (κ3) is 7.02. The lowest BCUT2D eigenvalue weighted by molar-refractivity contribution is -0.147. The van der Waals surface area contributed by atoms with Crippen molar-refractivity contribution >= 4 is 45.1 Å². The molecule has 6 nitrogen and oxygen atoms in total. The van der Waals surface area contributed by atoms with Crippen LogP contribution in [0.15, 0.2) is 34.8 Å². The van der Waals surface area contributed by atoms with Crippen molar-refractivity contribution < 1.29 is 19.1 Å². The molecule has 0 aromatic heterocycles. The molecule has 0 atom stereocenters. The first-order valence-corrected chi connectivity index (χ1v) is 10.0. The highest BCUT2D eigenvalue weighted by molar-refractivity contribution is 9.10. The van der Waals surface area contributed by atoms with Crippen LogP contribution in [0.4, 0.5) is 11.4 Å². The zero-order valence-corrected chi connectivity index (χ0v) is 18.6. The molecule has 0 aliphatic carbocycles. The van der Waals surface area contributed by atoms with Gasteiger partial charge in [0.05, 0.1) is 6.42 Å². The standard InChI is InChI=1S/C22H25BrN2O4/c1-13-5-6-17(9-14(13)2)24-19(26)7-8-21(28)29-12-20(27)25-18-10-15(3)22(23)16(4)11-18/h5-6,9-11H,7-8,12H2,1-4H3,(H,24,26)(H,25,27). The Kier molecular flexibility index (Phi) is 7.96. The highest BCUT2D eigenvalue weighted by Crippen LogP contribution is 2.25. The molecule has 154 valence electrons. The number of aryl methyl sites for hydroxylation is 4. The lowest BCUT2D eigenvalue weighted by Gasteiger charge is -2.10. The van der Waals surface area contributed by atoms with Crippen molar-refractivity contribution in [2.75, 3.05) is 17.2 Å². The highest BCUT2D eigenvalue weighted by Gasteiger charge is 2.12. The lowest BCUT2D eigenvalue weighted by atomic mass is 10.1. The number of halogens is 1. The molecule has 2 aromatic rings. The Bertz CT molecular complexity index is 917. The Morgan fingerprint density at radius 1 is 0.793 bits per heavy atom. The van der Waals surface area contributed by atoms with Gasteiger partial charge in [-0.1, -0.05) is 22.0 Å². The minimum Gasteiger partial charge on any atom is -0.456 e. The molecule has 2 amide bonds. The molecule has 2 rings (SSSR count). The van der Waals surface area contributed by atoms with Gasteiger partial charge in [0, 0.05) is 22.3 Å². The molecule has 0 spiro atoms. The van der Waals surface area contributed by atoms with Crippen molar-refractivity contribution in [3.8, 4) is 0 Å². The number of hydrogen-bond donors (Lipinski definition) is 2. The minimum atomic E-state index is -0.599. The molecule has 0 heterocycles. The lowest BCUT2D eigenvalue weighted by Crippen LogP contribution is -2.22. The summed E-state index contributed by atoms with van der Waals surface area (Å²) in [7, 11) is 0. The van der Waals surface area contributed by atoms with Crippen LogP contribution < -0.4 is 10.6 Å². The summed E-state index contributed by atoms with van der Waals surface area (Å²) in [6.07, 6.45) is -0.112. The van der Waals surface area contributed by atoms with Crippen LogP contribution in [0.2, 0.25) is 0 Å². The summed E-state index contributed by atoms with van der Waals surface area (Å²) in [5, 5.41) is 5.45. The van der Waals surface area contributed by atoms with Gasteiger partial charge < -0.3 is 15.4 Å². The maximum Gasteiger partial charge on any atom is 0.306 e. The number of benzene rings is 2. The molecule has 0 radical (unpaired) electrons. The van der Waals surface area contributed by atoms with E-state index in [9.17, 15) is 14.4 Å². The van der Waals surface area contributed by atoms with E-state index in [2.05, 4.69) is 26.6 Å². The van der Waals surface area contributed by atoms with Gasteiger partial charge in [0.25, 0.3) is 5.91 Å². The van der Waals surface area contributed by atoms with Crippen LogP contribution >= 0.6 is 15.9 Å². The van der Waals surface area contributed by atoms with Crippen molar-refractivity contribution in [1.29, 1.82) is 0 Å². The van der Waals surface area contributed by atoms with E-state index in [0.717, 1.165) is 26.7 Å². The first kappa shape index (κ1) is 22.6. The Hall–Kier alpha value is -2.67. The second kappa shape index (κ2) is 10.2. The van der Waals surface area contributed by atoms with Crippen molar-refractivity contribution in [3.63, 3.8) is 0 Å². The van der Waals surface area contributed by atoms with E-state index >= 15 is 0 Å². The van der Waals surface area contributed by atoms with E-state index in [0.29, 0.717) is 11.4 Å². The van der Waals surface area contributed by atoms with Crippen LogP contribution in [0, 0.1) is 27.7 Å². The Balaban J connectivity index is 1.74. The summed E-state index contributed by atoms with van der Waals surface area (Å²) in [4.78, 5) is 35.8. The fraction of sp³-hybridized carbons (Fsp3) is 0.318. The molecule has 0 bridgehead atoms. The molecule has 2 aromatic carbocycles. The maximum atomic E-state index is 12.0. The van der Waals surface area contributed by atoms with E-state index in [4.69, 9.17) is 4.74 Å². The molecule has 29 heavy (non-hydrogen) atoms. The van der Waals surface area contributed by atoms with E-state index in [1.807, 2.05) is 58.0 Å². The number of ether oxygens (including phenoxy) is 1. The van der Waals surface area contributed by atoms with Gasteiger partial charge in [0.15, 0.2) is 6.61 Å². The third-order valence-corrected chi connectivity index (χ3v) is 5.68. The van der Waals surface area contributed by atoms with Gasteiger partial charge in [0.2, 0.25) is 5.91 Å². The van der Waals surface area contributed by atoms with E-state index < -0.39 is 18.5 Å². The van der Waals surface area contributed by atoms with E-state index in [1.165, 1.54) is 0 Å². The fourth-order valence-corrected chi connectivity index (χ4v) is 2.92. The van der Waals surface area contributed by atoms with Crippen LogP contribution in [0.3, 0.4) is 0 Å². The number of esters is 1.